The van der Waals surface area contributed by atoms with Gasteiger partial charge in [0.15, 0.2) is 6.23 Å². The lowest BCUT2D eigenvalue weighted by molar-refractivity contribution is -0.0551. The van der Waals surface area contributed by atoms with Gasteiger partial charge in [-0.3, -0.25) is 14.3 Å². The Balaban J connectivity index is 2.43. The first kappa shape index (κ1) is 14.2. The first-order chi connectivity index (χ1) is 8.99. The maximum absolute atomic E-state index is 11.7. The van der Waals surface area contributed by atoms with Crippen molar-refractivity contribution in [3.05, 3.63) is 32.6 Å². The number of aliphatic hydroxyl groups is 3. The lowest BCUT2D eigenvalue weighted by Crippen LogP contribution is -2.38. The van der Waals surface area contributed by atoms with Crippen LogP contribution in [-0.4, -0.2) is 49.8 Å². The van der Waals surface area contributed by atoms with E-state index in [2.05, 4.69) is 0 Å². The quantitative estimate of drug-likeness (QED) is 0.472. The zero-order valence-electron chi connectivity index (χ0n) is 9.69. The fourth-order valence-corrected chi connectivity index (χ4v) is 2.11. The number of nitrogens with one attached hydrogen (secondary N) is 1. The van der Waals surface area contributed by atoms with Crippen molar-refractivity contribution in [3.63, 3.8) is 0 Å². The van der Waals surface area contributed by atoms with Crippen LogP contribution >= 0.6 is 11.6 Å². The van der Waals surface area contributed by atoms with E-state index in [1.54, 1.807) is 0 Å². The Morgan fingerprint density at radius 1 is 1.37 bits per heavy atom. The van der Waals surface area contributed by atoms with Crippen LogP contribution in [0.15, 0.2) is 15.8 Å². The molecule has 9 heteroatoms. The van der Waals surface area contributed by atoms with Gasteiger partial charge in [-0.2, -0.15) is 0 Å². The van der Waals surface area contributed by atoms with Gasteiger partial charge in [0.25, 0.3) is 5.56 Å². The first-order valence-corrected chi connectivity index (χ1v) is 6.05. The molecule has 0 radical (unpaired) electrons. The van der Waals surface area contributed by atoms with Crippen molar-refractivity contribution < 1.29 is 20.1 Å². The summed E-state index contributed by atoms with van der Waals surface area (Å²) < 4.78 is 6.12. The van der Waals surface area contributed by atoms with E-state index in [0.717, 1.165) is 10.8 Å². The molecule has 1 unspecified atom stereocenters. The molecule has 0 spiro atoms. The summed E-state index contributed by atoms with van der Waals surface area (Å²) in [5.74, 6) is -0.121. The standard InChI is InChI=1S/C10H13ClN2O6/c11-1-4-2-13(10(18)12-8(4)17)9-7(16)6(15)5(3-14)19-9/h2,5-7,9,14-16H,1,3H2,(H,12,17,18)/t5-,6?,7+,9-/m1/s1. The second-order valence-electron chi connectivity index (χ2n) is 4.18. The minimum Gasteiger partial charge on any atom is -0.394 e. The zero-order valence-corrected chi connectivity index (χ0v) is 10.4. The lowest BCUT2D eigenvalue weighted by atomic mass is 10.1. The third-order valence-electron chi connectivity index (χ3n) is 2.98. The average molecular weight is 293 g/mol. The van der Waals surface area contributed by atoms with Crippen LogP contribution in [0.3, 0.4) is 0 Å². The number of ether oxygens (including phenoxy) is 1. The molecule has 8 nitrogen and oxygen atoms in total. The minimum absolute atomic E-state index is 0.121. The van der Waals surface area contributed by atoms with E-state index in [9.17, 15) is 19.8 Å². The third-order valence-corrected chi connectivity index (χ3v) is 3.26. The fraction of sp³-hybridized carbons (Fsp3) is 0.600. The molecule has 0 saturated carbocycles. The molecule has 0 amide bonds. The summed E-state index contributed by atoms with van der Waals surface area (Å²) in [5.41, 5.74) is -1.30. The number of nitrogens with zero attached hydrogens (tertiary/aromatic N) is 1. The van der Waals surface area contributed by atoms with Gasteiger partial charge in [-0.25, -0.2) is 4.79 Å². The van der Waals surface area contributed by atoms with Crippen molar-refractivity contribution in [2.24, 2.45) is 0 Å². The summed E-state index contributed by atoms with van der Waals surface area (Å²) in [4.78, 5) is 25.1. The van der Waals surface area contributed by atoms with Gasteiger partial charge >= 0.3 is 5.69 Å². The lowest BCUT2D eigenvalue weighted by Gasteiger charge is -2.17. The molecule has 1 fully saturated rings. The number of aromatic nitrogens is 2. The highest BCUT2D eigenvalue weighted by Gasteiger charge is 2.43. The van der Waals surface area contributed by atoms with Crippen LogP contribution in [0.5, 0.6) is 0 Å². The molecule has 2 heterocycles. The highest BCUT2D eigenvalue weighted by Crippen LogP contribution is 2.27. The Hall–Kier alpha value is -1.19. The van der Waals surface area contributed by atoms with Crippen molar-refractivity contribution in [2.45, 2.75) is 30.4 Å². The van der Waals surface area contributed by atoms with E-state index in [0.29, 0.717) is 0 Å². The van der Waals surface area contributed by atoms with E-state index in [1.807, 2.05) is 4.98 Å². The molecule has 106 valence electrons. The van der Waals surface area contributed by atoms with Gasteiger partial charge in [-0.05, 0) is 0 Å². The largest absolute Gasteiger partial charge is 0.394 e. The van der Waals surface area contributed by atoms with Gasteiger partial charge in [-0.1, -0.05) is 0 Å². The first-order valence-electron chi connectivity index (χ1n) is 5.52. The van der Waals surface area contributed by atoms with E-state index in [4.69, 9.17) is 21.4 Å². The number of alkyl halides is 1. The summed E-state index contributed by atoms with van der Waals surface area (Å²) in [6.07, 6.45) is -3.76. The number of hydrogen-bond donors (Lipinski definition) is 4. The third kappa shape index (κ3) is 2.45. The second kappa shape index (κ2) is 5.43. The highest BCUT2D eigenvalue weighted by molar-refractivity contribution is 6.17. The molecular weight excluding hydrogens is 280 g/mol. The molecular formula is C10H13ClN2O6. The van der Waals surface area contributed by atoms with Crippen molar-refractivity contribution in [1.82, 2.24) is 9.55 Å². The molecule has 1 aromatic heterocycles. The maximum atomic E-state index is 11.7. The normalized spacial score (nSPS) is 30.7. The van der Waals surface area contributed by atoms with Crippen LogP contribution in [0.4, 0.5) is 0 Å². The van der Waals surface area contributed by atoms with Gasteiger partial charge in [-0.15, -0.1) is 11.6 Å². The number of H-pyrrole nitrogens is 1. The monoisotopic (exact) mass is 292 g/mol. The Bertz CT molecular complexity index is 570. The van der Waals surface area contributed by atoms with Crippen LogP contribution in [0.25, 0.3) is 0 Å². The van der Waals surface area contributed by atoms with Crippen molar-refractivity contribution in [2.75, 3.05) is 6.61 Å². The number of aromatic amines is 1. The summed E-state index contributed by atoms with van der Waals surface area (Å²) in [6, 6.07) is 0. The van der Waals surface area contributed by atoms with Crippen molar-refractivity contribution in [3.8, 4) is 0 Å². The smallest absolute Gasteiger partial charge is 0.330 e. The van der Waals surface area contributed by atoms with Gasteiger partial charge in [0.2, 0.25) is 0 Å². The van der Waals surface area contributed by atoms with Crippen LogP contribution in [-0.2, 0) is 10.6 Å². The average Bonchev–Trinajstić information content (AvgIpc) is 2.67. The number of halogens is 1. The fourth-order valence-electron chi connectivity index (χ4n) is 1.92. The SMILES string of the molecule is O=c1[nH]c(=O)n([C@@H]2O[C@H](CO)C(O)[C@@H]2O)cc1CCl. The molecule has 0 aromatic carbocycles. The van der Waals surface area contributed by atoms with Crippen molar-refractivity contribution >= 4 is 11.6 Å². The second-order valence-corrected chi connectivity index (χ2v) is 4.45. The molecule has 4 N–H and O–H groups in total. The van der Waals surface area contributed by atoms with Gasteiger partial charge in [0, 0.05) is 11.8 Å². The van der Waals surface area contributed by atoms with Crippen LogP contribution in [0, 0.1) is 0 Å². The topological polar surface area (TPSA) is 125 Å². The number of rotatable bonds is 3. The predicted octanol–water partition coefficient (Wildman–Crippen LogP) is -2.11. The highest BCUT2D eigenvalue weighted by atomic mass is 35.5. The Labute approximate surface area is 111 Å². The predicted molar refractivity (Wildman–Crippen MR) is 63.9 cm³/mol. The molecule has 4 atom stereocenters. The number of hydrogen-bond acceptors (Lipinski definition) is 6. The summed E-state index contributed by atoms with van der Waals surface area (Å²) in [7, 11) is 0. The maximum Gasteiger partial charge on any atom is 0.330 e. The van der Waals surface area contributed by atoms with Crippen LogP contribution in [0.2, 0.25) is 0 Å². The zero-order chi connectivity index (χ0) is 14.2. The van der Waals surface area contributed by atoms with Crippen LogP contribution in [0.1, 0.15) is 11.8 Å². The van der Waals surface area contributed by atoms with Crippen LogP contribution < -0.4 is 11.2 Å². The molecule has 1 saturated heterocycles. The molecule has 2 rings (SSSR count). The van der Waals surface area contributed by atoms with Gasteiger partial charge in [0.1, 0.15) is 18.3 Å². The summed E-state index contributed by atoms with van der Waals surface area (Å²) >= 11 is 5.56. The van der Waals surface area contributed by atoms with Crippen molar-refractivity contribution in [1.29, 1.82) is 0 Å². The summed E-state index contributed by atoms with van der Waals surface area (Å²) in [6.45, 7) is -0.505. The Morgan fingerprint density at radius 3 is 2.58 bits per heavy atom. The molecule has 1 aliphatic rings. The Kier molecular flexibility index (Phi) is 4.07. The van der Waals surface area contributed by atoms with Gasteiger partial charge < -0.3 is 20.1 Å². The van der Waals surface area contributed by atoms with E-state index < -0.39 is 42.4 Å². The molecule has 1 aliphatic heterocycles. The molecule has 0 bridgehead atoms. The number of aliphatic hydroxyl groups excluding tert-OH is 3. The molecule has 0 aliphatic carbocycles. The van der Waals surface area contributed by atoms with E-state index in [1.165, 1.54) is 0 Å². The minimum atomic E-state index is -1.40. The van der Waals surface area contributed by atoms with E-state index >= 15 is 0 Å². The van der Waals surface area contributed by atoms with Gasteiger partial charge in [0.05, 0.1) is 12.5 Å². The summed E-state index contributed by atoms with van der Waals surface area (Å²) in [5, 5.41) is 28.4. The van der Waals surface area contributed by atoms with E-state index in [-0.39, 0.29) is 11.4 Å². The molecule has 1 aromatic rings. The molecule has 19 heavy (non-hydrogen) atoms. The Morgan fingerprint density at radius 2 is 2.05 bits per heavy atom.